The van der Waals surface area contributed by atoms with Crippen molar-refractivity contribution in [2.45, 2.75) is 161 Å². The first-order valence-corrected chi connectivity index (χ1v) is 17.9. The number of carbonyl (C=O) groups excluding carboxylic acids is 1. The van der Waals surface area contributed by atoms with Gasteiger partial charge in [-0.25, -0.2) is 0 Å². The SMILES string of the molecule is CCCCCCCCCCCCC1(CCCCCCCCCCCC)c2cc(Br)ccc2-c2ccc(C=O)cc21. The fourth-order valence-electron chi connectivity index (χ4n) is 7.05. The van der Waals surface area contributed by atoms with Crippen LogP contribution in [-0.2, 0) is 5.41 Å². The average Bonchev–Trinajstić information content (AvgIpc) is 3.23. The highest BCUT2D eigenvalue weighted by molar-refractivity contribution is 9.10. The lowest BCUT2D eigenvalue weighted by atomic mass is 9.70. The number of unbranched alkanes of at least 4 members (excludes halogenated alkanes) is 18. The Morgan fingerprint density at radius 3 is 1.40 bits per heavy atom. The van der Waals surface area contributed by atoms with Gasteiger partial charge in [-0.3, -0.25) is 4.79 Å². The maximum atomic E-state index is 11.8. The Morgan fingerprint density at radius 2 is 0.950 bits per heavy atom. The standard InChI is InChI=1S/C38H57BrO/c1-3-5-7-9-11-13-15-17-19-21-27-38(28-22-20-18-16-14-12-10-8-6-4-2)36-29-32(31-40)23-25-34(36)35-26-24-33(39)30-37(35)38/h23-26,29-31H,3-22,27-28H2,1-2H3. The van der Waals surface area contributed by atoms with E-state index in [4.69, 9.17) is 0 Å². The zero-order valence-corrected chi connectivity index (χ0v) is 27.5. The normalized spacial score (nSPS) is 13.4. The third-order valence-corrected chi connectivity index (χ3v) is 9.89. The first-order valence-electron chi connectivity index (χ1n) is 17.1. The highest BCUT2D eigenvalue weighted by atomic mass is 79.9. The second kappa shape index (κ2) is 18.9. The molecule has 1 aliphatic carbocycles. The number of fused-ring (bicyclic) bond motifs is 3. The number of carbonyl (C=O) groups is 1. The lowest BCUT2D eigenvalue weighted by molar-refractivity contribution is 0.112. The third-order valence-electron chi connectivity index (χ3n) is 9.40. The van der Waals surface area contributed by atoms with Crippen molar-refractivity contribution >= 4 is 22.2 Å². The fraction of sp³-hybridized carbons (Fsp3) is 0.658. The molecule has 40 heavy (non-hydrogen) atoms. The first kappa shape index (κ1) is 33.1. The minimum Gasteiger partial charge on any atom is -0.298 e. The quantitative estimate of drug-likeness (QED) is 0.0905. The lowest BCUT2D eigenvalue weighted by Gasteiger charge is -2.33. The van der Waals surface area contributed by atoms with Crippen LogP contribution in [0.3, 0.4) is 0 Å². The summed E-state index contributed by atoms with van der Waals surface area (Å²) in [7, 11) is 0. The van der Waals surface area contributed by atoms with Crippen LogP contribution in [0.2, 0.25) is 0 Å². The minimum atomic E-state index is 0.0355. The van der Waals surface area contributed by atoms with Crippen molar-refractivity contribution in [2.75, 3.05) is 0 Å². The van der Waals surface area contributed by atoms with Gasteiger partial charge >= 0.3 is 0 Å². The van der Waals surface area contributed by atoms with Gasteiger partial charge in [0.25, 0.3) is 0 Å². The van der Waals surface area contributed by atoms with Gasteiger partial charge in [0.1, 0.15) is 6.29 Å². The predicted molar refractivity (Wildman–Crippen MR) is 179 cm³/mol. The van der Waals surface area contributed by atoms with E-state index in [2.05, 4.69) is 60.1 Å². The van der Waals surface area contributed by atoms with E-state index < -0.39 is 0 Å². The molecule has 0 N–H and O–H groups in total. The van der Waals surface area contributed by atoms with Gasteiger partial charge in [0.2, 0.25) is 0 Å². The smallest absolute Gasteiger partial charge is 0.150 e. The molecule has 0 radical (unpaired) electrons. The summed E-state index contributed by atoms with van der Waals surface area (Å²) < 4.78 is 1.17. The van der Waals surface area contributed by atoms with Crippen LogP contribution >= 0.6 is 15.9 Å². The van der Waals surface area contributed by atoms with Crippen LogP contribution < -0.4 is 0 Å². The number of rotatable bonds is 23. The summed E-state index contributed by atoms with van der Waals surface area (Å²) in [4.78, 5) is 11.8. The lowest BCUT2D eigenvalue weighted by Crippen LogP contribution is -2.25. The van der Waals surface area contributed by atoms with E-state index in [-0.39, 0.29) is 5.41 Å². The summed E-state index contributed by atoms with van der Waals surface area (Å²) in [6.45, 7) is 4.59. The first-order chi connectivity index (χ1) is 19.7. The van der Waals surface area contributed by atoms with Crippen LogP contribution in [0.15, 0.2) is 40.9 Å². The molecule has 0 aliphatic heterocycles. The van der Waals surface area contributed by atoms with Crippen LogP contribution in [0.1, 0.15) is 177 Å². The molecule has 2 heteroatoms. The van der Waals surface area contributed by atoms with E-state index >= 15 is 0 Å². The average molecular weight is 610 g/mol. The molecule has 0 aromatic heterocycles. The summed E-state index contributed by atoms with van der Waals surface area (Å²) in [6.07, 6.45) is 30.8. The second-order valence-electron chi connectivity index (χ2n) is 12.6. The van der Waals surface area contributed by atoms with E-state index in [0.717, 1.165) is 11.8 Å². The Labute approximate surface area is 255 Å². The molecule has 0 atom stereocenters. The molecule has 3 rings (SSSR count). The number of hydrogen-bond donors (Lipinski definition) is 0. The van der Waals surface area contributed by atoms with Crippen molar-refractivity contribution in [1.29, 1.82) is 0 Å². The van der Waals surface area contributed by atoms with E-state index in [1.54, 1.807) is 0 Å². The Morgan fingerprint density at radius 1 is 0.550 bits per heavy atom. The summed E-state index contributed by atoms with van der Waals surface area (Å²) in [5.74, 6) is 0. The molecule has 0 saturated heterocycles. The molecular formula is C38H57BrO. The van der Waals surface area contributed by atoms with E-state index in [1.807, 2.05) is 6.07 Å². The maximum absolute atomic E-state index is 11.8. The summed E-state index contributed by atoms with van der Waals surface area (Å²) in [5.41, 5.74) is 6.50. The molecule has 0 heterocycles. The van der Waals surface area contributed by atoms with Crippen molar-refractivity contribution in [3.63, 3.8) is 0 Å². The molecular weight excluding hydrogens is 552 g/mol. The van der Waals surface area contributed by atoms with Gasteiger partial charge in [-0.05, 0) is 53.3 Å². The van der Waals surface area contributed by atoms with E-state index in [9.17, 15) is 4.79 Å². The molecule has 0 bridgehead atoms. The largest absolute Gasteiger partial charge is 0.298 e. The molecule has 0 amide bonds. The zero-order chi connectivity index (χ0) is 28.5. The predicted octanol–water partition coefficient (Wildman–Crippen LogP) is 13.2. The molecule has 0 saturated carbocycles. The Kier molecular flexibility index (Phi) is 15.6. The topological polar surface area (TPSA) is 17.1 Å². The van der Waals surface area contributed by atoms with Crippen LogP contribution in [0.25, 0.3) is 11.1 Å². The third kappa shape index (κ3) is 9.85. The molecule has 2 aromatic rings. The molecule has 2 aromatic carbocycles. The summed E-state index contributed by atoms with van der Waals surface area (Å²) in [5, 5.41) is 0. The highest BCUT2D eigenvalue weighted by Crippen LogP contribution is 2.55. The highest BCUT2D eigenvalue weighted by Gasteiger charge is 2.42. The van der Waals surface area contributed by atoms with Crippen molar-refractivity contribution in [1.82, 2.24) is 0 Å². The maximum Gasteiger partial charge on any atom is 0.150 e. The van der Waals surface area contributed by atoms with Gasteiger partial charge in [-0.15, -0.1) is 0 Å². The van der Waals surface area contributed by atoms with Crippen molar-refractivity contribution in [3.8, 4) is 11.1 Å². The molecule has 222 valence electrons. The minimum absolute atomic E-state index is 0.0355. The van der Waals surface area contributed by atoms with Gasteiger partial charge in [0, 0.05) is 15.5 Å². The van der Waals surface area contributed by atoms with Crippen LogP contribution in [0.4, 0.5) is 0 Å². The van der Waals surface area contributed by atoms with Crippen molar-refractivity contribution in [3.05, 3.63) is 57.6 Å². The summed E-state index contributed by atoms with van der Waals surface area (Å²) >= 11 is 3.80. The van der Waals surface area contributed by atoms with E-state index in [0.29, 0.717) is 0 Å². The molecule has 1 nitrogen and oxygen atoms in total. The molecule has 1 aliphatic rings. The Hall–Kier alpha value is -1.41. The Bertz CT molecular complexity index is 969. The van der Waals surface area contributed by atoms with Gasteiger partial charge < -0.3 is 0 Å². The van der Waals surface area contributed by atoms with Crippen LogP contribution in [0, 0.1) is 0 Å². The number of benzene rings is 2. The number of hydrogen-bond acceptors (Lipinski definition) is 1. The number of aldehydes is 1. The zero-order valence-electron chi connectivity index (χ0n) is 25.9. The van der Waals surface area contributed by atoms with Gasteiger partial charge in [-0.2, -0.15) is 0 Å². The van der Waals surface area contributed by atoms with Gasteiger partial charge in [-0.1, -0.05) is 176 Å². The number of halogens is 1. The molecule has 0 fully saturated rings. The fourth-order valence-corrected chi connectivity index (χ4v) is 7.41. The monoisotopic (exact) mass is 608 g/mol. The second-order valence-corrected chi connectivity index (χ2v) is 13.5. The van der Waals surface area contributed by atoms with Crippen molar-refractivity contribution in [2.24, 2.45) is 0 Å². The van der Waals surface area contributed by atoms with Crippen LogP contribution in [-0.4, -0.2) is 6.29 Å². The van der Waals surface area contributed by atoms with Crippen molar-refractivity contribution < 1.29 is 4.79 Å². The van der Waals surface area contributed by atoms with E-state index in [1.165, 1.54) is 168 Å². The van der Waals surface area contributed by atoms with Crippen LogP contribution in [0.5, 0.6) is 0 Å². The Balaban J connectivity index is 1.62. The molecule has 0 unspecified atom stereocenters. The molecule has 0 spiro atoms. The van der Waals surface area contributed by atoms with Gasteiger partial charge in [0.05, 0.1) is 0 Å². The van der Waals surface area contributed by atoms with Gasteiger partial charge in [0.15, 0.2) is 0 Å². The summed E-state index contributed by atoms with van der Waals surface area (Å²) in [6, 6.07) is 13.3.